The second-order valence-corrected chi connectivity index (χ2v) is 7.76. The summed E-state index contributed by atoms with van der Waals surface area (Å²) < 4.78 is 0. The van der Waals surface area contributed by atoms with Gasteiger partial charge in [-0.05, 0) is 56.1 Å². The van der Waals surface area contributed by atoms with Crippen LogP contribution in [0.4, 0.5) is 0 Å². The predicted octanol–water partition coefficient (Wildman–Crippen LogP) is 3.29. The van der Waals surface area contributed by atoms with Crippen LogP contribution < -0.4 is 5.32 Å². The van der Waals surface area contributed by atoms with E-state index in [1.165, 1.54) is 37.3 Å². The van der Waals surface area contributed by atoms with Gasteiger partial charge in [-0.2, -0.15) is 0 Å². The van der Waals surface area contributed by atoms with Gasteiger partial charge in [0.1, 0.15) is 0 Å². The summed E-state index contributed by atoms with van der Waals surface area (Å²) in [5.41, 5.74) is 0.848. The number of nitrogens with one attached hydrogen (secondary N) is 1. The Morgan fingerprint density at radius 3 is 2.74 bits per heavy atom. The summed E-state index contributed by atoms with van der Waals surface area (Å²) in [4.78, 5) is 21.0. The Morgan fingerprint density at radius 2 is 2.09 bits per heavy atom. The number of hydrogen-bond donors (Lipinski definition) is 1. The van der Waals surface area contributed by atoms with Crippen molar-refractivity contribution in [2.24, 2.45) is 5.92 Å². The largest absolute Gasteiger partial charge is 0.347 e. The minimum atomic E-state index is 0.0361. The molecule has 2 aromatic heterocycles. The maximum absolute atomic E-state index is 12.5. The van der Waals surface area contributed by atoms with E-state index in [-0.39, 0.29) is 5.91 Å². The molecule has 3 aliphatic rings. The highest BCUT2D eigenvalue weighted by Crippen LogP contribution is 2.30. The van der Waals surface area contributed by atoms with Crippen LogP contribution in [0.25, 0.3) is 10.6 Å². The van der Waals surface area contributed by atoms with Crippen LogP contribution in [0.3, 0.4) is 0 Å². The molecule has 0 aromatic carbocycles. The van der Waals surface area contributed by atoms with Gasteiger partial charge in [-0.3, -0.25) is 9.78 Å². The zero-order valence-corrected chi connectivity index (χ0v) is 14.2. The molecule has 5 heterocycles. The highest BCUT2D eigenvalue weighted by atomic mass is 35.5. The lowest BCUT2D eigenvalue weighted by Gasteiger charge is -2.44. The number of piperidine rings is 3. The Morgan fingerprint density at radius 1 is 1.26 bits per heavy atom. The summed E-state index contributed by atoms with van der Waals surface area (Å²) in [7, 11) is 0. The van der Waals surface area contributed by atoms with Crippen molar-refractivity contribution in [1.82, 2.24) is 15.2 Å². The van der Waals surface area contributed by atoms with Gasteiger partial charge in [0.15, 0.2) is 0 Å². The van der Waals surface area contributed by atoms with Crippen LogP contribution >= 0.6 is 22.9 Å². The van der Waals surface area contributed by atoms with Crippen LogP contribution in [-0.2, 0) is 0 Å². The molecule has 4 nitrogen and oxygen atoms in total. The fourth-order valence-electron chi connectivity index (χ4n) is 3.49. The van der Waals surface area contributed by atoms with E-state index in [1.54, 1.807) is 6.20 Å². The lowest BCUT2D eigenvalue weighted by Crippen LogP contribution is -2.57. The number of pyridine rings is 1. The van der Waals surface area contributed by atoms with Gasteiger partial charge in [-0.15, -0.1) is 11.3 Å². The summed E-state index contributed by atoms with van der Waals surface area (Å²) >= 11 is 7.34. The molecule has 5 rings (SSSR count). The quantitative estimate of drug-likeness (QED) is 0.926. The third-order valence-corrected chi connectivity index (χ3v) is 6.11. The maximum Gasteiger partial charge on any atom is 0.261 e. The number of carbonyl (C=O) groups is 1. The third-order valence-electron chi connectivity index (χ3n) is 4.78. The number of halogens is 1. The molecule has 0 saturated carbocycles. The molecule has 6 heteroatoms. The standard InChI is InChI=1S/C17H18ClN3OS/c18-12-1-2-13(19-9-12)15-3-4-16(23-15)17(22)20-14-10-21-7-5-11(14)6-8-21/h1-4,9,11,14H,5-8,10H2,(H,20,22)/t14-/m0/s1. The van der Waals surface area contributed by atoms with Crippen LogP contribution in [0.2, 0.25) is 5.02 Å². The fourth-order valence-corrected chi connectivity index (χ4v) is 4.49. The average molecular weight is 348 g/mol. The first-order valence-electron chi connectivity index (χ1n) is 7.94. The topological polar surface area (TPSA) is 45.2 Å². The van der Waals surface area contributed by atoms with E-state index >= 15 is 0 Å². The van der Waals surface area contributed by atoms with Crippen molar-refractivity contribution in [3.05, 3.63) is 40.4 Å². The molecular formula is C17H18ClN3OS. The molecule has 120 valence electrons. The first-order valence-corrected chi connectivity index (χ1v) is 9.13. The molecule has 3 aliphatic heterocycles. The Hall–Kier alpha value is -1.43. The number of nitrogens with zero attached hydrogens (tertiary/aromatic N) is 2. The van der Waals surface area contributed by atoms with Crippen molar-refractivity contribution in [1.29, 1.82) is 0 Å². The maximum atomic E-state index is 12.5. The molecular weight excluding hydrogens is 330 g/mol. The second-order valence-electron chi connectivity index (χ2n) is 6.24. The molecule has 2 bridgehead atoms. The molecule has 3 saturated heterocycles. The average Bonchev–Trinajstić information content (AvgIpc) is 3.07. The number of thiophene rings is 1. The van der Waals surface area contributed by atoms with Gasteiger partial charge >= 0.3 is 0 Å². The molecule has 1 amide bonds. The Kier molecular flexibility index (Phi) is 4.09. The molecule has 0 spiro atoms. The summed E-state index contributed by atoms with van der Waals surface area (Å²) in [6.07, 6.45) is 4.04. The fraction of sp³-hybridized carbons (Fsp3) is 0.412. The van der Waals surface area contributed by atoms with Crippen LogP contribution in [-0.4, -0.2) is 41.5 Å². The van der Waals surface area contributed by atoms with Crippen LogP contribution in [0, 0.1) is 5.92 Å². The highest BCUT2D eigenvalue weighted by Gasteiger charge is 2.35. The van der Waals surface area contributed by atoms with Gasteiger partial charge in [0.2, 0.25) is 0 Å². The monoisotopic (exact) mass is 347 g/mol. The SMILES string of the molecule is O=C(N[C@H]1CN2CCC1CC2)c1ccc(-c2ccc(Cl)cn2)s1. The van der Waals surface area contributed by atoms with E-state index in [1.807, 2.05) is 24.3 Å². The second kappa shape index (κ2) is 6.23. The minimum absolute atomic E-state index is 0.0361. The number of aromatic nitrogens is 1. The van der Waals surface area contributed by atoms with E-state index in [9.17, 15) is 4.79 Å². The molecule has 1 atom stereocenters. The lowest BCUT2D eigenvalue weighted by molar-refractivity contribution is 0.0622. The van der Waals surface area contributed by atoms with Crippen molar-refractivity contribution < 1.29 is 4.79 Å². The molecule has 23 heavy (non-hydrogen) atoms. The Balaban J connectivity index is 1.46. The number of hydrogen-bond acceptors (Lipinski definition) is 4. The first kappa shape index (κ1) is 15.1. The van der Waals surface area contributed by atoms with Gasteiger partial charge in [0.05, 0.1) is 20.5 Å². The lowest BCUT2D eigenvalue weighted by atomic mass is 9.84. The summed E-state index contributed by atoms with van der Waals surface area (Å²) in [6.45, 7) is 3.36. The summed E-state index contributed by atoms with van der Waals surface area (Å²) in [5.74, 6) is 0.676. The number of carbonyl (C=O) groups excluding carboxylic acids is 1. The predicted molar refractivity (Wildman–Crippen MR) is 93.0 cm³/mol. The van der Waals surface area contributed by atoms with E-state index in [0.717, 1.165) is 22.0 Å². The number of rotatable bonds is 3. The third kappa shape index (κ3) is 3.13. The van der Waals surface area contributed by atoms with Crippen LogP contribution in [0.1, 0.15) is 22.5 Å². The van der Waals surface area contributed by atoms with Crippen LogP contribution in [0.15, 0.2) is 30.5 Å². The van der Waals surface area contributed by atoms with Gasteiger partial charge in [-0.1, -0.05) is 11.6 Å². The molecule has 0 unspecified atom stereocenters. The Bertz CT molecular complexity index is 707. The normalized spacial score (nSPS) is 26.2. The molecule has 2 aromatic rings. The molecule has 0 aliphatic carbocycles. The van der Waals surface area contributed by atoms with Crippen LogP contribution in [0.5, 0.6) is 0 Å². The van der Waals surface area contributed by atoms with Gasteiger partial charge in [0, 0.05) is 18.8 Å². The highest BCUT2D eigenvalue weighted by molar-refractivity contribution is 7.17. The van der Waals surface area contributed by atoms with Crippen molar-refractivity contribution in [2.75, 3.05) is 19.6 Å². The molecule has 0 radical (unpaired) electrons. The zero-order chi connectivity index (χ0) is 15.8. The summed E-state index contributed by atoms with van der Waals surface area (Å²) in [6, 6.07) is 7.82. The van der Waals surface area contributed by atoms with Crippen molar-refractivity contribution in [2.45, 2.75) is 18.9 Å². The van der Waals surface area contributed by atoms with Gasteiger partial charge in [-0.25, -0.2) is 0 Å². The van der Waals surface area contributed by atoms with E-state index in [2.05, 4.69) is 15.2 Å². The molecule has 3 fully saturated rings. The summed E-state index contributed by atoms with van der Waals surface area (Å²) in [5, 5.41) is 3.85. The first-order chi connectivity index (χ1) is 11.2. The Labute approximate surface area is 144 Å². The van der Waals surface area contributed by atoms with Gasteiger partial charge < -0.3 is 10.2 Å². The number of amides is 1. The number of fused-ring (bicyclic) bond motifs is 3. The molecule has 1 N–H and O–H groups in total. The van der Waals surface area contributed by atoms with Crippen molar-refractivity contribution in [3.63, 3.8) is 0 Å². The zero-order valence-electron chi connectivity index (χ0n) is 12.7. The smallest absolute Gasteiger partial charge is 0.261 e. The van der Waals surface area contributed by atoms with Gasteiger partial charge in [0.25, 0.3) is 5.91 Å². The van der Waals surface area contributed by atoms with Crippen molar-refractivity contribution in [3.8, 4) is 10.6 Å². The van der Waals surface area contributed by atoms with Crippen molar-refractivity contribution >= 4 is 28.8 Å². The minimum Gasteiger partial charge on any atom is -0.347 e. The van der Waals surface area contributed by atoms with E-state index < -0.39 is 0 Å². The van der Waals surface area contributed by atoms with E-state index in [4.69, 9.17) is 11.6 Å². The van der Waals surface area contributed by atoms with E-state index in [0.29, 0.717) is 17.0 Å².